The maximum atomic E-state index is 12.2. The first-order chi connectivity index (χ1) is 9.61. The number of nitrogens with one attached hydrogen (secondary N) is 1. The fourth-order valence-electron chi connectivity index (χ4n) is 2.23. The lowest BCUT2D eigenvalue weighted by atomic mass is 10.1. The van der Waals surface area contributed by atoms with Gasteiger partial charge in [0, 0.05) is 39.4 Å². The second kappa shape index (κ2) is 9.64. The largest absolute Gasteiger partial charge is 0.382 e. The van der Waals surface area contributed by atoms with E-state index in [1.165, 1.54) is 4.31 Å². The van der Waals surface area contributed by atoms with E-state index in [9.17, 15) is 8.42 Å². The van der Waals surface area contributed by atoms with E-state index in [4.69, 9.17) is 15.2 Å². The molecule has 8 heteroatoms. The molecule has 0 saturated carbocycles. The van der Waals surface area contributed by atoms with Crippen LogP contribution in [0.2, 0.25) is 0 Å². The van der Waals surface area contributed by atoms with Gasteiger partial charge < -0.3 is 15.2 Å². The normalized spacial score (nSPS) is 21.2. The van der Waals surface area contributed by atoms with E-state index in [0.29, 0.717) is 45.9 Å². The van der Waals surface area contributed by atoms with Gasteiger partial charge in [0.15, 0.2) is 0 Å². The monoisotopic (exact) mass is 309 g/mol. The van der Waals surface area contributed by atoms with Crippen LogP contribution in [0.3, 0.4) is 0 Å². The zero-order chi connectivity index (χ0) is 14.8. The van der Waals surface area contributed by atoms with Crippen molar-refractivity contribution in [3.05, 3.63) is 0 Å². The lowest BCUT2D eigenvalue weighted by Crippen LogP contribution is -2.51. The van der Waals surface area contributed by atoms with E-state index in [0.717, 1.165) is 19.3 Å². The summed E-state index contributed by atoms with van der Waals surface area (Å²) in [5.41, 5.74) is 5.65. The predicted octanol–water partition coefficient (Wildman–Crippen LogP) is -0.313. The molecule has 0 aromatic heterocycles. The van der Waals surface area contributed by atoms with Crippen LogP contribution >= 0.6 is 0 Å². The average molecular weight is 309 g/mol. The Kier molecular flexibility index (Phi) is 8.58. The van der Waals surface area contributed by atoms with Crippen LogP contribution in [-0.4, -0.2) is 65.3 Å². The molecule has 7 nitrogen and oxygen atoms in total. The first-order valence-electron chi connectivity index (χ1n) is 7.15. The summed E-state index contributed by atoms with van der Waals surface area (Å²) in [6, 6.07) is -0.0702. The van der Waals surface area contributed by atoms with Gasteiger partial charge in [0.05, 0.1) is 13.2 Å². The van der Waals surface area contributed by atoms with Crippen molar-refractivity contribution < 1.29 is 17.9 Å². The molecule has 3 N–H and O–H groups in total. The molecule has 1 aliphatic heterocycles. The maximum absolute atomic E-state index is 12.2. The number of methoxy groups -OCH3 is 1. The summed E-state index contributed by atoms with van der Waals surface area (Å²) in [5.74, 6) is 0. The second-order valence-corrected chi connectivity index (χ2v) is 6.56. The fourth-order valence-corrected chi connectivity index (χ4v) is 3.75. The van der Waals surface area contributed by atoms with Crippen molar-refractivity contribution >= 4 is 10.2 Å². The van der Waals surface area contributed by atoms with Crippen LogP contribution < -0.4 is 10.5 Å². The summed E-state index contributed by atoms with van der Waals surface area (Å²) in [6.07, 6.45) is 3.43. The standard InChI is InChI=1S/C12H27N3O4S/c1-18-9-10-19-8-4-6-14-20(16,17)15-7-3-2-5-12(15)11-13/h12,14H,2-11,13H2,1H3. The minimum atomic E-state index is -3.42. The summed E-state index contributed by atoms with van der Waals surface area (Å²) in [6.45, 7) is 2.92. The van der Waals surface area contributed by atoms with Gasteiger partial charge in [-0.2, -0.15) is 12.7 Å². The molecule has 1 fully saturated rings. The Morgan fingerprint density at radius 3 is 2.80 bits per heavy atom. The third kappa shape index (κ3) is 6.02. The molecule has 0 aromatic rings. The minimum absolute atomic E-state index is 0.0702. The molecule has 1 saturated heterocycles. The SMILES string of the molecule is COCCOCCCNS(=O)(=O)N1CCCCC1CN. The van der Waals surface area contributed by atoms with Gasteiger partial charge in [-0.15, -0.1) is 0 Å². The van der Waals surface area contributed by atoms with Crippen molar-refractivity contribution in [2.24, 2.45) is 5.73 Å². The maximum Gasteiger partial charge on any atom is 0.279 e. The zero-order valence-electron chi connectivity index (χ0n) is 12.2. The number of rotatable bonds is 10. The van der Waals surface area contributed by atoms with Crippen LogP contribution in [0, 0.1) is 0 Å². The van der Waals surface area contributed by atoms with E-state index in [-0.39, 0.29) is 6.04 Å². The molecule has 1 aliphatic rings. The van der Waals surface area contributed by atoms with Gasteiger partial charge in [-0.3, -0.25) is 0 Å². The highest BCUT2D eigenvalue weighted by Gasteiger charge is 2.30. The second-order valence-electron chi connectivity index (χ2n) is 4.85. The molecule has 0 aliphatic carbocycles. The van der Waals surface area contributed by atoms with Crippen LogP contribution in [0.15, 0.2) is 0 Å². The summed E-state index contributed by atoms with van der Waals surface area (Å²) < 4.78 is 38.6. The molecular weight excluding hydrogens is 282 g/mol. The first-order valence-corrected chi connectivity index (χ1v) is 8.59. The highest BCUT2D eigenvalue weighted by Crippen LogP contribution is 2.18. The van der Waals surface area contributed by atoms with Gasteiger partial charge in [0.2, 0.25) is 0 Å². The van der Waals surface area contributed by atoms with E-state index in [1.54, 1.807) is 7.11 Å². The average Bonchev–Trinajstić information content (AvgIpc) is 2.46. The number of nitrogens with two attached hydrogens (primary N) is 1. The lowest BCUT2D eigenvalue weighted by Gasteiger charge is -2.33. The molecule has 0 spiro atoms. The topological polar surface area (TPSA) is 93.9 Å². The molecule has 0 amide bonds. The van der Waals surface area contributed by atoms with Crippen LogP contribution in [0.1, 0.15) is 25.7 Å². The Hall–Kier alpha value is -0.250. The van der Waals surface area contributed by atoms with E-state index < -0.39 is 10.2 Å². The van der Waals surface area contributed by atoms with Crippen LogP contribution in [0.25, 0.3) is 0 Å². The summed E-state index contributed by atoms with van der Waals surface area (Å²) in [4.78, 5) is 0. The highest BCUT2D eigenvalue weighted by molar-refractivity contribution is 7.87. The molecule has 0 radical (unpaired) electrons. The smallest absolute Gasteiger partial charge is 0.279 e. The number of piperidine rings is 1. The third-order valence-electron chi connectivity index (χ3n) is 3.34. The number of hydrogen-bond donors (Lipinski definition) is 2. The summed E-state index contributed by atoms with van der Waals surface area (Å²) >= 11 is 0. The number of nitrogens with zero attached hydrogens (tertiary/aromatic N) is 1. The van der Waals surface area contributed by atoms with Crippen molar-refractivity contribution in [1.29, 1.82) is 0 Å². The molecule has 120 valence electrons. The van der Waals surface area contributed by atoms with Gasteiger partial charge in [0.25, 0.3) is 10.2 Å². The minimum Gasteiger partial charge on any atom is -0.382 e. The fraction of sp³-hybridized carbons (Fsp3) is 1.00. The van der Waals surface area contributed by atoms with Crippen LogP contribution in [-0.2, 0) is 19.7 Å². The third-order valence-corrected chi connectivity index (χ3v) is 5.00. The van der Waals surface area contributed by atoms with E-state index in [2.05, 4.69) is 4.72 Å². The Morgan fingerprint density at radius 2 is 2.10 bits per heavy atom. The molecule has 1 atom stereocenters. The zero-order valence-corrected chi connectivity index (χ0v) is 13.0. The van der Waals surface area contributed by atoms with Crippen LogP contribution in [0.5, 0.6) is 0 Å². The predicted molar refractivity (Wildman–Crippen MR) is 77.6 cm³/mol. The molecular formula is C12H27N3O4S. The molecule has 1 unspecified atom stereocenters. The molecule has 0 aromatic carbocycles. The lowest BCUT2D eigenvalue weighted by molar-refractivity contribution is 0.0699. The van der Waals surface area contributed by atoms with Crippen molar-refractivity contribution in [3.63, 3.8) is 0 Å². The van der Waals surface area contributed by atoms with Crippen LogP contribution in [0.4, 0.5) is 0 Å². The van der Waals surface area contributed by atoms with Gasteiger partial charge in [0.1, 0.15) is 0 Å². The van der Waals surface area contributed by atoms with E-state index >= 15 is 0 Å². The van der Waals surface area contributed by atoms with Gasteiger partial charge >= 0.3 is 0 Å². The van der Waals surface area contributed by atoms with E-state index in [1.807, 2.05) is 0 Å². The summed E-state index contributed by atoms with van der Waals surface area (Å²) in [7, 11) is -1.80. The first kappa shape index (κ1) is 17.8. The summed E-state index contributed by atoms with van der Waals surface area (Å²) in [5, 5.41) is 0. The van der Waals surface area contributed by atoms with Crippen molar-refractivity contribution in [1.82, 2.24) is 9.03 Å². The molecule has 1 heterocycles. The quantitative estimate of drug-likeness (QED) is 0.540. The number of hydrogen-bond acceptors (Lipinski definition) is 5. The Labute approximate surface area is 122 Å². The van der Waals surface area contributed by atoms with Gasteiger partial charge in [-0.05, 0) is 19.3 Å². The number of ether oxygens (including phenoxy) is 2. The molecule has 0 bridgehead atoms. The van der Waals surface area contributed by atoms with Crippen molar-refractivity contribution in [2.45, 2.75) is 31.7 Å². The Morgan fingerprint density at radius 1 is 1.30 bits per heavy atom. The van der Waals surface area contributed by atoms with Crippen molar-refractivity contribution in [2.75, 3.05) is 46.6 Å². The Bertz CT molecular complexity index is 351. The molecule has 20 heavy (non-hydrogen) atoms. The highest BCUT2D eigenvalue weighted by atomic mass is 32.2. The van der Waals surface area contributed by atoms with Crippen molar-refractivity contribution in [3.8, 4) is 0 Å². The Balaban J connectivity index is 2.26. The molecule has 1 rings (SSSR count). The van der Waals surface area contributed by atoms with Gasteiger partial charge in [-0.1, -0.05) is 6.42 Å². The van der Waals surface area contributed by atoms with Gasteiger partial charge in [-0.25, -0.2) is 4.72 Å².